The lowest BCUT2D eigenvalue weighted by atomic mass is 10.3. The Labute approximate surface area is 74.9 Å². The largest absolute Gasteiger partial charge is 0.506 e. The van der Waals surface area contributed by atoms with Crippen LogP contribution in [0, 0.1) is 0 Å². The number of nitrogens with one attached hydrogen (secondary N) is 2. The van der Waals surface area contributed by atoms with Gasteiger partial charge in [0.2, 0.25) is 0 Å². The van der Waals surface area contributed by atoms with Crippen molar-refractivity contribution in [2.45, 2.75) is 6.61 Å². The van der Waals surface area contributed by atoms with E-state index in [9.17, 15) is 5.11 Å². The Morgan fingerprint density at radius 2 is 2.15 bits per heavy atom. The summed E-state index contributed by atoms with van der Waals surface area (Å²) in [5.74, 6) is 0.0899. The van der Waals surface area contributed by atoms with Gasteiger partial charge in [0.25, 0.3) is 0 Å². The van der Waals surface area contributed by atoms with E-state index in [0.29, 0.717) is 5.69 Å². The molecule has 4 nitrogen and oxygen atoms in total. The van der Waals surface area contributed by atoms with E-state index in [1.54, 1.807) is 12.3 Å². The molecule has 2 rings (SSSR count). The summed E-state index contributed by atoms with van der Waals surface area (Å²) in [6.07, 6.45) is 1.80. The van der Waals surface area contributed by atoms with E-state index in [4.69, 9.17) is 5.11 Å². The van der Waals surface area contributed by atoms with Crippen molar-refractivity contribution < 1.29 is 10.2 Å². The first kappa shape index (κ1) is 7.94. The first-order valence-corrected chi connectivity index (χ1v) is 3.96. The maximum atomic E-state index is 9.33. The van der Waals surface area contributed by atoms with E-state index >= 15 is 0 Å². The summed E-state index contributed by atoms with van der Waals surface area (Å²) in [6.45, 7) is -0.188. The molecule has 4 heteroatoms. The molecule has 0 aliphatic heterocycles. The van der Waals surface area contributed by atoms with Crippen LogP contribution in [0.4, 0.5) is 0 Å². The van der Waals surface area contributed by atoms with Crippen LogP contribution in [0.5, 0.6) is 5.75 Å². The third-order valence-electron chi connectivity index (χ3n) is 1.92. The molecular formula is C9H10N2O2. The van der Waals surface area contributed by atoms with Gasteiger partial charge in [-0.25, -0.2) is 0 Å². The molecule has 4 N–H and O–H groups in total. The van der Waals surface area contributed by atoms with Crippen molar-refractivity contribution in [3.8, 4) is 17.1 Å². The van der Waals surface area contributed by atoms with E-state index in [0.717, 1.165) is 11.4 Å². The molecule has 0 aliphatic carbocycles. The molecular weight excluding hydrogens is 168 g/mol. The molecule has 0 fully saturated rings. The summed E-state index contributed by atoms with van der Waals surface area (Å²) in [5, 5.41) is 18.2. The Kier molecular flexibility index (Phi) is 1.83. The van der Waals surface area contributed by atoms with Gasteiger partial charge in [0, 0.05) is 12.3 Å². The van der Waals surface area contributed by atoms with Crippen LogP contribution in [-0.2, 0) is 6.61 Å². The van der Waals surface area contributed by atoms with E-state index in [1.165, 1.54) is 0 Å². The molecule has 0 aromatic carbocycles. The first-order valence-electron chi connectivity index (χ1n) is 3.96. The van der Waals surface area contributed by atoms with Gasteiger partial charge < -0.3 is 20.2 Å². The third-order valence-corrected chi connectivity index (χ3v) is 1.92. The van der Waals surface area contributed by atoms with Gasteiger partial charge in [-0.15, -0.1) is 0 Å². The smallest absolute Gasteiger partial charge is 0.139 e. The molecule has 2 heterocycles. The molecule has 13 heavy (non-hydrogen) atoms. The minimum atomic E-state index is -0.188. The highest BCUT2D eigenvalue weighted by molar-refractivity contribution is 5.58. The van der Waals surface area contributed by atoms with Crippen molar-refractivity contribution in [2.24, 2.45) is 0 Å². The summed E-state index contributed by atoms with van der Waals surface area (Å²) >= 11 is 0. The summed E-state index contributed by atoms with van der Waals surface area (Å²) in [6, 6.07) is 5.33. The molecule has 2 aromatic heterocycles. The third kappa shape index (κ3) is 1.31. The van der Waals surface area contributed by atoms with Crippen molar-refractivity contribution in [2.75, 3.05) is 0 Å². The van der Waals surface area contributed by atoms with Gasteiger partial charge in [-0.05, 0) is 12.1 Å². The van der Waals surface area contributed by atoms with Gasteiger partial charge in [0.1, 0.15) is 5.75 Å². The zero-order chi connectivity index (χ0) is 9.26. The lowest BCUT2D eigenvalue weighted by Gasteiger charge is -1.91. The molecule has 0 bridgehead atoms. The fraction of sp³-hybridized carbons (Fsp3) is 0.111. The highest BCUT2D eigenvalue weighted by Crippen LogP contribution is 2.24. The van der Waals surface area contributed by atoms with Gasteiger partial charge in [0.05, 0.1) is 23.7 Å². The van der Waals surface area contributed by atoms with Crippen LogP contribution >= 0.6 is 0 Å². The maximum Gasteiger partial charge on any atom is 0.139 e. The van der Waals surface area contributed by atoms with Crippen molar-refractivity contribution in [3.63, 3.8) is 0 Å². The predicted molar refractivity (Wildman–Crippen MR) is 48.2 cm³/mol. The summed E-state index contributed by atoms with van der Waals surface area (Å²) < 4.78 is 0. The van der Waals surface area contributed by atoms with Crippen LogP contribution in [0.1, 0.15) is 5.69 Å². The van der Waals surface area contributed by atoms with E-state index in [2.05, 4.69) is 9.97 Å². The van der Waals surface area contributed by atoms with Crippen molar-refractivity contribution >= 4 is 0 Å². The summed E-state index contributed by atoms with van der Waals surface area (Å²) in [4.78, 5) is 5.90. The highest BCUT2D eigenvalue weighted by atomic mass is 16.3. The molecule has 0 atom stereocenters. The molecule has 0 aliphatic rings. The molecule has 0 radical (unpaired) electrons. The monoisotopic (exact) mass is 178 g/mol. The molecule has 0 amide bonds. The Bertz CT molecular complexity index is 390. The first-order chi connectivity index (χ1) is 6.31. The van der Waals surface area contributed by atoms with Crippen LogP contribution in [-0.4, -0.2) is 20.2 Å². The van der Waals surface area contributed by atoms with Crippen LogP contribution in [0.3, 0.4) is 0 Å². The second-order valence-electron chi connectivity index (χ2n) is 2.79. The van der Waals surface area contributed by atoms with Gasteiger partial charge in [-0.1, -0.05) is 0 Å². The van der Waals surface area contributed by atoms with Crippen LogP contribution in [0.2, 0.25) is 0 Å². The average molecular weight is 178 g/mol. The number of rotatable bonds is 2. The van der Waals surface area contributed by atoms with Gasteiger partial charge >= 0.3 is 0 Å². The number of aromatic nitrogens is 2. The zero-order valence-corrected chi connectivity index (χ0v) is 6.91. The number of aliphatic hydroxyl groups excluding tert-OH is 1. The lowest BCUT2D eigenvalue weighted by Crippen LogP contribution is -1.83. The SMILES string of the molecule is OCc1[nH]c(-c2ccc[nH]2)cc1O. The predicted octanol–water partition coefficient (Wildman–Crippen LogP) is 1.21. The number of aromatic hydroxyl groups is 1. The molecule has 0 saturated carbocycles. The molecule has 68 valence electrons. The fourth-order valence-electron chi connectivity index (χ4n) is 1.25. The van der Waals surface area contributed by atoms with E-state index < -0.39 is 0 Å². The summed E-state index contributed by atoms with van der Waals surface area (Å²) in [5.41, 5.74) is 2.09. The molecule has 0 unspecified atom stereocenters. The number of aliphatic hydroxyl groups is 1. The zero-order valence-electron chi connectivity index (χ0n) is 6.91. The Morgan fingerprint density at radius 3 is 2.69 bits per heavy atom. The lowest BCUT2D eigenvalue weighted by molar-refractivity contribution is 0.271. The molecule has 0 saturated heterocycles. The van der Waals surface area contributed by atoms with E-state index in [1.807, 2.05) is 12.1 Å². The standard InChI is InChI=1S/C9H10N2O2/c12-5-8-9(13)4-7(11-8)6-2-1-3-10-6/h1-4,10-13H,5H2. The number of hydrogen-bond donors (Lipinski definition) is 4. The van der Waals surface area contributed by atoms with Gasteiger partial charge in [-0.2, -0.15) is 0 Å². The normalized spacial score (nSPS) is 10.5. The maximum absolute atomic E-state index is 9.33. The molecule has 0 spiro atoms. The topological polar surface area (TPSA) is 72.0 Å². The van der Waals surface area contributed by atoms with Crippen molar-refractivity contribution in [1.82, 2.24) is 9.97 Å². The highest BCUT2D eigenvalue weighted by Gasteiger charge is 2.07. The second-order valence-corrected chi connectivity index (χ2v) is 2.79. The Hall–Kier alpha value is -1.68. The number of aromatic amines is 2. The quantitative estimate of drug-likeness (QED) is 0.558. The molecule has 2 aromatic rings. The van der Waals surface area contributed by atoms with Crippen LogP contribution in [0.15, 0.2) is 24.4 Å². The number of H-pyrrole nitrogens is 2. The average Bonchev–Trinajstić information content (AvgIpc) is 2.71. The number of hydrogen-bond acceptors (Lipinski definition) is 2. The fourth-order valence-corrected chi connectivity index (χ4v) is 1.25. The Balaban J connectivity index is 2.43. The Morgan fingerprint density at radius 1 is 1.31 bits per heavy atom. The minimum Gasteiger partial charge on any atom is -0.506 e. The van der Waals surface area contributed by atoms with E-state index in [-0.39, 0.29) is 12.4 Å². The minimum absolute atomic E-state index is 0.0899. The second kappa shape index (κ2) is 2.99. The van der Waals surface area contributed by atoms with Crippen molar-refractivity contribution in [1.29, 1.82) is 0 Å². The van der Waals surface area contributed by atoms with Crippen LogP contribution < -0.4 is 0 Å². The van der Waals surface area contributed by atoms with Crippen LogP contribution in [0.25, 0.3) is 11.4 Å². The van der Waals surface area contributed by atoms with Gasteiger partial charge in [0.15, 0.2) is 0 Å². The van der Waals surface area contributed by atoms with Gasteiger partial charge in [-0.3, -0.25) is 0 Å². The van der Waals surface area contributed by atoms with Crippen molar-refractivity contribution in [3.05, 3.63) is 30.1 Å². The summed E-state index contributed by atoms with van der Waals surface area (Å²) in [7, 11) is 0.